The minimum Gasteiger partial charge on any atom is -0.392 e. The third-order valence-electron chi connectivity index (χ3n) is 8.13. The molecule has 2 fully saturated rings. The van der Waals surface area contributed by atoms with Gasteiger partial charge in [0.15, 0.2) is 0 Å². The Labute approximate surface area is 135 Å². The smallest absolute Gasteiger partial charge is 0.0611 e. The lowest BCUT2D eigenvalue weighted by molar-refractivity contribution is -0.0984. The van der Waals surface area contributed by atoms with Crippen molar-refractivity contribution in [1.29, 1.82) is 0 Å². The first-order valence-electron chi connectivity index (χ1n) is 9.49. The van der Waals surface area contributed by atoms with E-state index in [9.17, 15) is 5.11 Å². The lowest BCUT2D eigenvalue weighted by atomic mass is 9.48. The fourth-order valence-corrected chi connectivity index (χ4v) is 6.76. The van der Waals surface area contributed by atoms with Crippen LogP contribution in [0.5, 0.6) is 0 Å². The van der Waals surface area contributed by atoms with Crippen LogP contribution in [0.4, 0.5) is 0 Å². The molecule has 0 spiro atoms. The van der Waals surface area contributed by atoms with Gasteiger partial charge in [0.05, 0.1) is 6.10 Å². The van der Waals surface area contributed by atoms with Crippen LogP contribution in [0.3, 0.4) is 0 Å². The second-order valence-electron chi connectivity index (χ2n) is 9.60. The van der Waals surface area contributed by atoms with Crippen LogP contribution in [0.25, 0.3) is 0 Å². The van der Waals surface area contributed by atoms with E-state index in [0.717, 1.165) is 12.8 Å². The van der Waals surface area contributed by atoms with Gasteiger partial charge in [-0.15, -0.1) is 0 Å². The average Bonchev–Trinajstić information content (AvgIpc) is 2.77. The zero-order chi connectivity index (χ0) is 15.7. The monoisotopic (exact) mass is 303 g/mol. The van der Waals surface area contributed by atoms with Crippen LogP contribution >= 0.6 is 0 Å². The highest BCUT2D eigenvalue weighted by Gasteiger charge is 2.56. The van der Waals surface area contributed by atoms with Gasteiger partial charge in [-0.3, -0.25) is 0 Å². The van der Waals surface area contributed by atoms with Crippen LogP contribution in [0.1, 0.15) is 72.1 Å². The minimum absolute atomic E-state index is 0.118. The normalized spacial score (nSPS) is 50.3. The quantitative estimate of drug-likeness (QED) is 0.664. The summed E-state index contributed by atoms with van der Waals surface area (Å²) in [5.74, 6) is 1.80. The molecule has 6 atom stereocenters. The van der Waals surface area contributed by atoms with Crippen LogP contribution in [0.2, 0.25) is 0 Å². The Hall–Kier alpha value is -0.340. The van der Waals surface area contributed by atoms with E-state index in [-0.39, 0.29) is 6.10 Å². The van der Waals surface area contributed by atoms with Crippen LogP contribution < -0.4 is 5.73 Å². The van der Waals surface area contributed by atoms with E-state index < -0.39 is 0 Å². The molecule has 124 valence electrons. The molecule has 0 saturated heterocycles. The van der Waals surface area contributed by atoms with Crippen molar-refractivity contribution in [2.45, 2.75) is 84.3 Å². The van der Waals surface area contributed by atoms with Crippen LogP contribution in [-0.4, -0.2) is 17.3 Å². The Bertz CT molecular complexity index is 508. The molecule has 0 radical (unpaired) electrons. The van der Waals surface area contributed by atoms with Gasteiger partial charge >= 0.3 is 0 Å². The van der Waals surface area contributed by atoms with Gasteiger partial charge in [-0.25, -0.2) is 0 Å². The maximum Gasteiger partial charge on any atom is 0.0611 e. The molecule has 0 heterocycles. The van der Waals surface area contributed by atoms with Crippen molar-refractivity contribution in [3.05, 3.63) is 11.1 Å². The highest BCUT2D eigenvalue weighted by atomic mass is 16.3. The highest BCUT2D eigenvalue weighted by molar-refractivity contribution is 5.34. The highest BCUT2D eigenvalue weighted by Crippen LogP contribution is 2.63. The maximum atomic E-state index is 11.0. The molecule has 22 heavy (non-hydrogen) atoms. The Balaban J connectivity index is 1.71. The molecule has 0 aromatic heterocycles. The van der Waals surface area contributed by atoms with Crippen molar-refractivity contribution < 1.29 is 5.11 Å². The maximum absolute atomic E-state index is 11.0. The van der Waals surface area contributed by atoms with Crippen molar-refractivity contribution >= 4 is 0 Å². The van der Waals surface area contributed by atoms with E-state index >= 15 is 0 Å². The fourth-order valence-electron chi connectivity index (χ4n) is 6.76. The number of aliphatic hydroxyl groups excluding tert-OH is 1. The SMILES string of the molecule is CC1(C)CCC2=C1CCC1C2[C@@H](O)CC2C[C@@H](N)CC[C@@]21C. The van der Waals surface area contributed by atoms with Crippen molar-refractivity contribution in [3.63, 3.8) is 0 Å². The molecule has 0 aliphatic heterocycles. The molecule has 4 aliphatic rings. The van der Waals surface area contributed by atoms with E-state index in [2.05, 4.69) is 20.8 Å². The van der Waals surface area contributed by atoms with Gasteiger partial charge < -0.3 is 10.8 Å². The number of rotatable bonds is 0. The van der Waals surface area contributed by atoms with Crippen molar-refractivity contribution in [3.8, 4) is 0 Å². The van der Waals surface area contributed by atoms with E-state index in [1.54, 1.807) is 11.1 Å². The van der Waals surface area contributed by atoms with E-state index in [1.165, 1.54) is 38.5 Å². The van der Waals surface area contributed by atoms with Gasteiger partial charge in [-0.05, 0) is 74.0 Å². The molecule has 0 amide bonds. The summed E-state index contributed by atoms with van der Waals surface area (Å²) in [6.07, 6.45) is 9.57. The van der Waals surface area contributed by atoms with E-state index in [0.29, 0.717) is 34.6 Å². The molecule has 3 unspecified atom stereocenters. The fraction of sp³-hybridized carbons (Fsp3) is 0.900. The van der Waals surface area contributed by atoms with E-state index in [1.807, 2.05) is 0 Å². The summed E-state index contributed by atoms with van der Waals surface area (Å²) < 4.78 is 0. The summed E-state index contributed by atoms with van der Waals surface area (Å²) in [4.78, 5) is 0. The van der Waals surface area contributed by atoms with Crippen molar-refractivity contribution in [2.24, 2.45) is 34.3 Å². The zero-order valence-corrected chi connectivity index (χ0v) is 14.6. The molecule has 2 saturated carbocycles. The topological polar surface area (TPSA) is 46.2 Å². The lowest BCUT2D eigenvalue weighted by Crippen LogP contribution is -2.55. The van der Waals surface area contributed by atoms with Crippen molar-refractivity contribution in [1.82, 2.24) is 0 Å². The van der Waals surface area contributed by atoms with Crippen LogP contribution in [0, 0.1) is 28.6 Å². The van der Waals surface area contributed by atoms with Gasteiger partial charge in [-0.2, -0.15) is 0 Å². The lowest BCUT2D eigenvalue weighted by Gasteiger charge is -2.58. The van der Waals surface area contributed by atoms with Gasteiger partial charge in [-0.1, -0.05) is 31.9 Å². The van der Waals surface area contributed by atoms with Crippen LogP contribution in [-0.2, 0) is 0 Å². The minimum atomic E-state index is -0.118. The second-order valence-corrected chi connectivity index (χ2v) is 9.60. The van der Waals surface area contributed by atoms with Gasteiger partial charge in [0.25, 0.3) is 0 Å². The molecule has 0 aromatic carbocycles. The first-order valence-corrected chi connectivity index (χ1v) is 9.49. The summed E-state index contributed by atoms with van der Waals surface area (Å²) in [7, 11) is 0. The summed E-state index contributed by atoms with van der Waals surface area (Å²) in [6.45, 7) is 7.35. The van der Waals surface area contributed by atoms with Crippen molar-refractivity contribution in [2.75, 3.05) is 0 Å². The average molecular weight is 303 g/mol. The summed E-state index contributed by atoms with van der Waals surface area (Å²) in [5, 5.41) is 11.0. The Morgan fingerprint density at radius 3 is 2.59 bits per heavy atom. The molecule has 4 rings (SSSR count). The first kappa shape index (κ1) is 15.2. The number of fused-ring (bicyclic) bond motifs is 4. The van der Waals surface area contributed by atoms with Crippen LogP contribution in [0.15, 0.2) is 11.1 Å². The third kappa shape index (κ3) is 1.99. The molecule has 2 nitrogen and oxygen atoms in total. The Morgan fingerprint density at radius 1 is 1.05 bits per heavy atom. The molecule has 0 bridgehead atoms. The first-order chi connectivity index (χ1) is 10.3. The largest absolute Gasteiger partial charge is 0.392 e. The van der Waals surface area contributed by atoms with E-state index in [4.69, 9.17) is 5.73 Å². The Morgan fingerprint density at radius 2 is 1.82 bits per heavy atom. The molecular formula is C20H33NO. The summed E-state index contributed by atoms with van der Waals surface area (Å²) in [6, 6.07) is 0.366. The zero-order valence-electron chi connectivity index (χ0n) is 14.6. The number of allylic oxidation sites excluding steroid dienone is 1. The van der Waals surface area contributed by atoms with Gasteiger partial charge in [0.1, 0.15) is 0 Å². The second kappa shape index (κ2) is 4.83. The predicted octanol–water partition coefficient (Wildman–Crippen LogP) is 4.03. The van der Waals surface area contributed by atoms with Gasteiger partial charge in [0.2, 0.25) is 0 Å². The predicted molar refractivity (Wildman–Crippen MR) is 90.3 cm³/mol. The Kier molecular flexibility index (Phi) is 3.34. The number of aliphatic hydroxyl groups is 1. The molecular weight excluding hydrogens is 270 g/mol. The third-order valence-corrected chi connectivity index (χ3v) is 8.13. The summed E-state index contributed by atoms with van der Waals surface area (Å²) in [5.41, 5.74) is 10.4. The van der Waals surface area contributed by atoms with Gasteiger partial charge in [0, 0.05) is 12.0 Å². The number of hydrogen-bond donors (Lipinski definition) is 2. The molecule has 4 aliphatic carbocycles. The summed E-state index contributed by atoms with van der Waals surface area (Å²) >= 11 is 0. The molecule has 3 N–H and O–H groups in total. The number of nitrogens with two attached hydrogens (primary N) is 1. The molecule has 0 aromatic rings. The number of hydrogen-bond acceptors (Lipinski definition) is 2. The molecule has 2 heteroatoms. The standard InChI is InChI=1S/C20H33NO/c1-19(2)8-7-14-15(19)4-5-16-18(14)17(22)11-12-10-13(21)6-9-20(12,16)3/h12-13,16-18,22H,4-11,21H2,1-3H3/t12?,13-,16?,17-,18?,20-/m0/s1.